The molecule has 1 saturated heterocycles. The molecular formula is C23H18N2O5S2. The summed E-state index contributed by atoms with van der Waals surface area (Å²) in [5.74, 6) is -2.11. The number of aromatic amines is 1. The average molecular weight is 467 g/mol. The maximum absolute atomic E-state index is 13.6. The van der Waals surface area contributed by atoms with E-state index in [0.717, 1.165) is 21.8 Å². The van der Waals surface area contributed by atoms with Crippen molar-refractivity contribution in [1.29, 1.82) is 0 Å². The Morgan fingerprint density at radius 2 is 1.75 bits per heavy atom. The standard InChI is InChI=1S/C23H18N2O5S2/c1-2-30-22(28)13-8-10-14(11-9-13)25-20(26)16-15(12-6-4-3-5-7-12)17-19(24-23(29)32-17)31-18(16)21(25)27/h3-11,15-16,18H,2H2,1H3,(H,24,29)/t15-,16?,18?/m1/s1. The van der Waals surface area contributed by atoms with Crippen LogP contribution in [-0.4, -0.2) is 34.6 Å². The molecule has 2 aliphatic rings. The van der Waals surface area contributed by atoms with Crippen molar-refractivity contribution in [2.24, 2.45) is 5.92 Å². The van der Waals surface area contributed by atoms with Gasteiger partial charge < -0.3 is 9.72 Å². The second-order valence-electron chi connectivity index (χ2n) is 7.44. The van der Waals surface area contributed by atoms with E-state index < -0.39 is 17.1 Å². The third-order valence-electron chi connectivity index (χ3n) is 5.62. The molecule has 2 amide bonds. The molecule has 2 aliphatic heterocycles. The predicted molar refractivity (Wildman–Crippen MR) is 121 cm³/mol. The summed E-state index contributed by atoms with van der Waals surface area (Å²) < 4.78 is 4.99. The van der Waals surface area contributed by atoms with Crippen molar-refractivity contribution in [3.05, 3.63) is 80.3 Å². The molecule has 3 heterocycles. The van der Waals surface area contributed by atoms with Gasteiger partial charge in [0.1, 0.15) is 5.25 Å². The lowest BCUT2D eigenvalue weighted by Gasteiger charge is -2.29. The minimum absolute atomic E-state index is 0.199. The van der Waals surface area contributed by atoms with Crippen molar-refractivity contribution < 1.29 is 19.1 Å². The van der Waals surface area contributed by atoms with E-state index in [0.29, 0.717) is 16.3 Å². The van der Waals surface area contributed by atoms with Gasteiger partial charge in [-0.2, -0.15) is 0 Å². The molecule has 32 heavy (non-hydrogen) atoms. The average Bonchev–Trinajstić information content (AvgIpc) is 3.29. The van der Waals surface area contributed by atoms with Gasteiger partial charge in [-0.15, -0.1) is 0 Å². The number of H-pyrrole nitrogens is 1. The van der Waals surface area contributed by atoms with Gasteiger partial charge in [0, 0.05) is 10.8 Å². The van der Waals surface area contributed by atoms with Crippen molar-refractivity contribution in [2.75, 3.05) is 11.5 Å². The summed E-state index contributed by atoms with van der Waals surface area (Å²) in [7, 11) is 0. The van der Waals surface area contributed by atoms with Crippen LogP contribution in [0.5, 0.6) is 0 Å². The number of anilines is 1. The largest absolute Gasteiger partial charge is 0.462 e. The number of imide groups is 1. The fraction of sp³-hybridized carbons (Fsp3) is 0.217. The second kappa shape index (κ2) is 8.07. The maximum Gasteiger partial charge on any atom is 0.338 e. The molecule has 0 bridgehead atoms. The number of nitrogens with one attached hydrogen (secondary N) is 1. The Balaban J connectivity index is 1.54. The van der Waals surface area contributed by atoms with Gasteiger partial charge in [-0.3, -0.25) is 14.4 Å². The molecule has 5 rings (SSSR count). The summed E-state index contributed by atoms with van der Waals surface area (Å²) >= 11 is 2.33. The lowest BCUT2D eigenvalue weighted by atomic mass is 9.83. The summed E-state index contributed by atoms with van der Waals surface area (Å²) in [6.07, 6.45) is 0. The highest BCUT2D eigenvalue weighted by atomic mass is 32.2. The van der Waals surface area contributed by atoms with Crippen molar-refractivity contribution in [1.82, 2.24) is 4.98 Å². The van der Waals surface area contributed by atoms with Crippen molar-refractivity contribution in [2.45, 2.75) is 23.1 Å². The number of rotatable bonds is 4. The van der Waals surface area contributed by atoms with Gasteiger partial charge in [0.25, 0.3) is 0 Å². The van der Waals surface area contributed by atoms with E-state index >= 15 is 0 Å². The van der Waals surface area contributed by atoms with E-state index in [1.807, 2.05) is 30.3 Å². The van der Waals surface area contributed by atoms with Gasteiger partial charge in [0.05, 0.1) is 28.8 Å². The molecule has 162 valence electrons. The number of aromatic nitrogens is 1. The van der Waals surface area contributed by atoms with Crippen molar-refractivity contribution in [3.63, 3.8) is 0 Å². The molecule has 2 unspecified atom stereocenters. The molecule has 2 aromatic carbocycles. The Morgan fingerprint density at radius 1 is 1.03 bits per heavy atom. The molecule has 1 N–H and O–H groups in total. The molecule has 0 spiro atoms. The van der Waals surface area contributed by atoms with E-state index in [4.69, 9.17) is 4.74 Å². The van der Waals surface area contributed by atoms with E-state index in [9.17, 15) is 19.2 Å². The van der Waals surface area contributed by atoms with Crippen LogP contribution in [0.1, 0.15) is 33.6 Å². The van der Waals surface area contributed by atoms with Crippen LogP contribution >= 0.6 is 23.1 Å². The highest BCUT2D eigenvalue weighted by molar-refractivity contribution is 8.00. The van der Waals surface area contributed by atoms with Gasteiger partial charge in [-0.05, 0) is 36.8 Å². The lowest BCUT2D eigenvalue weighted by Crippen LogP contribution is -2.32. The first-order chi connectivity index (χ1) is 15.5. The van der Waals surface area contributed by atoms with Gasteiger partial charge in [-0.25, -0.2) is 9.69 Å². The van der Waals surface area contributed by atoms with Crippen molar-refractivity contribution in [3.8, 4) is 0 Å². The molecule has 0 radical (unpaired) electrons. The minimum Gasteiger partial charge on any atom is -0.462 e. The molecule has 1 fully saturated rings. The van der Waals surface area contributed by atoms with E-state index in [1.165, 1.54) is 16.7 Å². The SMILES string of the molecule is CCOC(=O)c1ccc(N2C(=O)C3Sc4[nH]c(=O)sc4[C@H](c4ccccc4)C3C2=O)cc1. The maximum atomic E-state index is 13.6. The Morgan fingerprint density at radius 3 is 2.44 bits per heavy atom. The number of fused-ring (bicyclic) bond motifs is 2. The number of hydrogen-bond acceptors (Lipinski definition) is 7. The number of hydrogen-bond donors (Lipinski definition) is 1. The van der Waals surface area contributed by atoms with Gasteiger partial charge in [-0.1, -0.05) is 53.4 Å². The number of amides is 2. The number of thiazole rings is 1. The van der Waals surface area contributed by atoms with Crippen LogP contribution in [0.3, 0.4) is 0 Å². The lowest BCUT2D eigenvalue weighted by molar-refractivity contribution is -0.122. The quantitative estimate of drug-likeness (QED) is 0.468. The molecule has 3 aromatic rings. The summed E-state index contributed by atoms with van der Waals surface area (Å²) in [5, 5.41) is 0.00551. The highest BCUT2D eigenvalue weighted by Crippen LogP contribution is 2.53. The first-order valence-corrected chi connectivity index (χ1v) is 11.8. The first-order valence-electron chi connectivity index (χ1n) is 10.1. The van der Waals surface area contributed by atoms with E-state index in [-0.39, 0.29) is 29.2 Å². The fourth-order valence-corrected chi connectivity index (χ4v) is 6.77. The summed E-state index contributed by atoms with van der Waals surface area (Å²) in [6.45, 7) is 1.99. The van der Waals surface area contributed by atoms with Crippen LogP contribution < -0.4 is 9.77 Å². The Hall–Kier alpha value is -3.17. The van der Waals surface area contributed by atoms with Crippen LogP contribution in [0.2, 0.25) is 0 Å². The number of esters is 1. The predicted octanol–water partition coefficient (Wildman–Crippen LogP) is 3.41. The topological polar surface area (TPSA) is 96.5 Å². The van der Waals surface area contributed by atoms with E-state index in [2.05, 4.69) is 4.98 Å². The van der Waals surface area contributed by atoms with Crippen LogP contribution in [0, 0.1) is 5.92 Å². The highest BCUT2D eigenvalue weighted by Gasteiger charge is 2.56. The monoisotopic (exact) mass is 466 g/mol. The number of carbonyl (C=O) groups is 3. The summed E-state index contributed by atoms with van der Waals surface area (Å²) in [4.78, 5) is 55.6. The number of thioether (sulfide) groups is 1. The molecule has 0 saturated carbocycles. The number of carbonyl (C=O) groups excluding carboxylic acids is 3. The zero-order valence-corrected chi connectivity index (χ0v) is 18.6. The van der Waals surface area contributed by atoms with Crippen LogP contribution in [0.4, 0.5) is 5.69 Å². The van der Waals surface area contributed by atoms with Gasteiger partial charge in [0.2, 0.25) is 11.8 Å². The third kappa shape index (κ3) is 3.28. The smallest absolute Gasteiger partial charge is 0.338 e. The normalized spacial score (nSPS) is 21.9. The summed E-state index contributed by atoms with van der Waals surface area (Å²) in [6, 6.07) is 15.7. The molecule has 0 aliphatic carbocycles. The summed E-state index contributed by atoms with van der Waals surface area (Å²) in [5.41, 5.74) is 1.65. The molecule has 1 aromatic heterocycles. The molecule has 9 heteroatoms. The van der Waals surface area contributed by atoms with Crippen LogP contribution in [0.25, 0.3) is 0 Å². The van der Waals surface area contributed by atoms with E-state index in [1.54, 1.807) is 31.2 Å². The number of ether oxygens (including phenoxy) is 1. The Bertz CT molecular complexity index is 1270. The zero-order chi connectivity index (χ0) is 22.4. The van der Waals surface area contributed by atoms with Gasteiger partial charge >= 0.3 is 10.8 Å². The fourth-order valence-electron chi connectivity index (χ4n) is 4.25. The molecule has 7 nitrogen and oxygen atoms in total. The van der Waals surface area contributed by atoms with Crippen LogP contribution in [0.15, 0.2) is 64.4 Å². The van der Waals surface area contributed by atoms with Crippen molar-refractivity contribution >= 4 is 46.6 Å². The molecule has 3 atom stereocenters. The number of nitrogens with zero attached hydrogens (tertiary/aromatic N) is 1. The van der Waals surface area contributed by atoms with Crippen LogP contribution in [-0.2, 0) is 14.3 Å². The number of benzene rings is 2. The zero-order valence-electron chi connectivity index (χ0n) is 16.9. The first kappa shape index (κ1) is 20.7. The Kier molecular flexibility index (Phi) is 5.22. The second-order valence-corrected chi connectivity index (χ2v) is 9.61. The van der Waals surface area contributed by atoms with Gasteiger partial charge in [0.15, 0.2) is 0 Å². The molecular weight excluding hydrogens is 448 g/mol. The Labute approximate surface area is 191 Å². The minimum atomic E-state index is -0.643. The third-order valence-corrected chi connectivity index (χ3v) is 8.02.